The second-order valence-corrected chi connectivity index (χ2v) is 6.16. The van der Waals surface area contributed by atoms with E-state index in [0.29, 0.717) is 12.0 Å². The Morgan fingerprint density at radius 1 is 1.28 bits per heavy atom. The van der Waals surface area contributed by atoms with Gasteiger partial charge in [-0.1, -0.05) is 18.7 Å². The summed E-state index contributed by atoms with van der Waals surface area (Å²) in [7, 11) is 4.28. The third-order valence-corrected chi connectivity index (χ3v) is 4.60. The number of aromatic nitrogens is 2. The van der Waals surface area contributed by atoms with Crippen molar-refractivity contribution in [3.8, 4) is 0 Å². The first kappa shape index (κ1) is 13.8. The fraction of sp³-hybridized carbons (Fsp3) is 0.692. The highest BCUT2D eigenvalue weighted by atomic mass is 32.2. The van der Waals surface area contributed by atoms with Crippen molar-refractivity contribution in [3.63, 3.8) is 0 Å². The van der Waals surface area contributed by atoms with Crippen molar-refractivity contribution in [3.05, 3.63) is 18.5 Å². The van der Waals surface area contributed by atoms with Crippen LogP contribution in [0, 0.1) is 5.92 Å². The summed E-state index contributed by atoms with van der Waals surface area (Å²) in [5, 5.41) is 0.793. The van der Waals surface area contributed by atoms with Gasteiger partial charge in [-0.05, 0) is 33.5 Å². The van der Waals surface area contributed by atoms with Crippen LogP contribution < -0.4 is 0 Å². The Balaban J connectivity index is 2.07. The Morgan fingerprint density at radius 2 is 1.94 bits per heavy atom. The van der Waals surface area contributed by atoms with Crippen molar-refractivity contribution in [2.75, 3.05) is 14.1 Å². The van der Waals surface area contributed by atoms with E-state index in [2.05, 4.69) is 42.8 Å². The van der Waals surface area contributed by atoms with E-state index in [1.165, 1.54) is 0 Å². The lowest BCUT2D eigenvalue weighted by molar-refractivity contribution is -0.0589. The molecule has 2 heterocycles. The standard InChI is InChI=1S/C13H21N3OS/c1-9-8-11(16(3)4)10(2)12(17-9)18-13-14-6-5-7-15-13/h5-7,9-12H,8H2,1-4H3/t9-,10-,11+,12?/m1/s1. The van der Waals surface area contributed by atoms with E-state index in [-0.39, 0.29) is 11.5 Å². The topological polar surface area (TPSA) is 38.2 Å². The Kier molecular flexibility index (Phi) is 4.59. The summed E-state index contributed by atoms with van der Waals surface area (Å²) in [6.07, 6.45) is 4.92. The normalized spacial score (nSPS) is 32.7. The number of nitrogens with zero attached hydrogens (tertiary/aromatic N) is 3. The lowest BCUT2D eigenvalue weighted by Gasteiger charge is -2.41. The molecule has 100 valence electrons. The van der Waals surface area contributed by atoms with Crippen molar-refractivity contribution in [2.45, 2.75) is 43.0 Å². The Labute approximate surface area is 113 Å². The number of rotatable bonds is 3. The molecule has 0 bridgehead atoms. The second-order valence-electron chi connectivity index (χ2n) is 5.09. The molecule has 1 aromatic rings. The quantitative estimate of drug-likeness (QED) is 0.786. The first-order valence-electron chi connectivity index (χ1n) is 6.33. The lowest BCUT2D eigenvalue weighted by Crippen LogP contribution is -2.47. The SMILES string of the molecule is C[C@@H]1C[C@H](N(C)C)[C@@H](C)C(Sc2ncccn2)O1. The van der Waals surface area contributed by atoms with Gasteiger partial charge in [0.1, 0.15) is 5.44 Å². The van der Waals surface area contributed by atoms with Crippen LogP contribution in [0.25, 0.3) is 0 Å². The molecule has 4 atom stereocenters. The molecule has 1 aromatic heterocycles. The molecule has 4 nitrogen and oxygen atoms in total. The van der Waals surface area contributed by atoms with Gasteiger partial charge in [0.2, 0.25) is 0 Å². The molecular weight excluding hydrogens is 246 g/mol. The van der Waals surface area contributed by atoms with Gasteiger partial charge in [-0.25, -0.2) is 9.97 Å². The zero-order valence-electron chi connectivity index (χ0n) is 11.4. The van der Waals surface area contributed by atoms with Gasteiger partial charge in [0.25, 0.3) is 0 Å². The summed E-state index contributed by atoms with van der Waals surface area (Å²) in [5.41, 5.74) is 0.128. The summed E-state index contributed by atoms with van der Waals surface area (Å²) >= 11 is 1.63. The van der Waals surface area contributed by atoms with Crippen LogP contribution in [0.4, 0.5) is 0 Å². The third kappa shape index (κ3) is 3.22. The van der Waals surface area contributed by atoms with Crippen molar-refractivity contribution in [2.24, 2.45) is 5.92 Å². The summed E-state index contributed by atoms with van der Waals surface area (Å²) in [6, 6.07) is 2.38. The van der Waals surface area contributed by atoms with Crippen LogP contribution in [-0.2, 0) is 4.74 Å². The molecule has 0 radical (unpaired) electrons. The van der Waals surface area contributed by atoms with Crippen molar-refractivity contribution in [1.82, 2.24) is 14.9 Å². The highest BCUT2D eigenvalue weighted by molar-refractivity contribution is 7.99. The maximum absolute atomic E-state index is 6.04. The monoisotopic (exact) mass is 267 g/mol. The fourth-order valence-electron chi connectivity index (χ4n) is 2.41. The minimum atomic E-state index is 0.128. The second kappa shape index (κ2) is 5.99. The number of hydrogen-bond acceptors (Lipinski definition) is 5. The number of ether oxygens (including phenoxy) is 1. The average molecular weight is 267 g/mol. The van der Waals surface area contributed by atoms with E-state index in [1.54, 1.807) is 24.2 Å². The molecule has 1 aliphatic rings. The maximum Gasteiger partial charge on any atom is 0.190 e. The van der Waals surface area contributed by atoms with Gasteiger partial charge in [0.05, 0.1) is 6.10 Å². The molecular formula is C13H21N3OS. The van der Waals surface area contributed by atoms with Gasteiger partial charge in [-0.3, -0.25) is 0 Å². The fourth-order valence-corrected chi connectivity index (χ4v) is 3.50. The molecule has 0 aromatic carbocycles. The van der Waals surface area contributed by atoms with Crippen molar-refractivity contribution >= 4 is 11.8 Å². The minimum Gasteiger partial charge on any atom is -0.364 e. The van der Waals surface area contributed by atoms with Crippen LogP contribution in [0.3, 0.4) is 0 Å². The summed E-state index contributed by atoms with van der Waals surface area (Å²) in [5.74, 6) is 0.463. The maximum atomic E-state index is 6.04. The molecule has 2 rings (SSSR count). The smallest absolute Gasteiger partial charge is 0.190 e. The molecule has 0 saturated carbocycles. The Hall–Kier alpha value is -0.650. The molecule has 1 fully saturated rings. The highest BCUT2D eigenvalue weighted by Crippen LogP contribution is 2.36. The summed E-state index contributed by atoms with van der Waals surface area (Å²) in [6.45, 7) is 4.39. The van der Waals surface area contributed by atoms with Gasteiger partial charge >= 0.3 is 0 Å². The molecule has 0 N–H and O–H groups in total. The van der Waals surface area contributed by atoms with Crippen LogP contribution in [0.1, 0.15) is 20.3 Å². The lowest BCUT2D eigenvalue weighted by atomic mass is 9.93. The molecule has 0 aliphatic carbocycles. The van der Waals surface area contributed by atoms with Gasteiger partial charge in [0, 0.05) is 24.4 Å². The van der Waals surface area contributed by atoms with Crippen LogP contribution in [0.2, 0.25) is 0 Å². The molecule has 1 saturated heterocycles. The van der Waals surface area contributed by atoms with E-state index in [1.807, 2.05) is 6.07 Å². The van der Waals surface area contributed by atoms with E-state index >= 15 is 0 Å². The van der Waals surface area contributed by atoms with Gasteiger partial charge in [-0.2, -0.15) is 0 Å². The molecule has 0 amide bonds. The summed E-state index contributed by atoms with van der Waals surface area (Å²) < 4.78 is 6.04. The van der Waals surface area contributed by atoms with Gasteiger partial charge in [-0.15, -0.1) is 0 Å². The largest absolute Gasteiger partial charge is 0.364 e. The molecule has 1 unspecified atom stereocenters. The van der Waals surface area contributed by atoms with Crippen LogP contribution in [-0.4, -0.2) is 46.5 Å². The predicted molar refractivity (Wildman–Crippen MR) is 73.5 cm³/mol. The van der Waals surface area contributed by atoms with E-state index in [0.717, 1.165) is 11.6 Å². The predicted octanol–water partition coefficient (Wildman–Crippen LogP) is 2.27. The molecule has 0 spiro atoms. The van der Waals surface area contributed by atoms with Crippen molar-refractivity contribution < 1.29 is 4.74 Å². The van der Waals surface area contributed by atoms with E-state index < -0.39 is 0 Å². The van der Waals surface area contributed by atoms with Crippen LogP contribution >= 0.6 is 11.8 Å². The van der Waals surface area contributed by atoms with Crippen LogP contribution in [0.15, 0.2) is 23.6 Å². The number of hydrogen-bond donors (Lipinski definition) is 0. The van der Waals surface area contributed by atoms with Gasteiger partial charge < -0.3 is 9.64 Å². The number of thioether (sulfide) groups is 1. The molecule has 1 aliphatic heterocycles. The van der Waals surface area contributed by atoms with Gasteiger partial charge in [0.15, 0.2) is 5.16 Å². The minimum absolute atomic E-state index is 0.128. The highest BCUT2D eigenvalue weighted by Gasteiger charge is 2.36. The molecule has 18 heavy (non-hydrogen) atoms. The first-order chi connectivity index (χ1) is 8.58. The van der Waals surface area contributed by atoms with Crippen molar-refractivity contribution in [1.29, 1.82) is 0 Å². The van der Waals surface area contributed by atoms with E-state index in [9.17, 15) is 0 Å². The van der Waals surface area contributed by atoms with E-state index in [4.69, 9.17) is 4.74 Å². The zero-order valence-corrected chi connectivity index (χ0v) is 12.2. The Morgan fingerprint density at radius 3 is 2.56 bits per heavy atom. The Bertz CT molecular complexity index is 374. The third-order valence-electron chi connectivity index (χ3n) is 3.40. The molecule has 5 heteroatoms. The summed E-state index contributed by atoms with van der Waals surface area (Å²) in [4.78, 5) is 10.8. The van der Waals surface area contributed by atoms with Crippen LogP contribution in [0.5, 0.6) is 0 Å². The first-order valence-corrected chi connectivity index (χ1v) is 7.21. The average Bonchev–Trinajstić information content (AvgIpc) is 2.34. The zero-order chi connectivity index (χ0) is 13.1.